The Hall–Kier alpha value is -2.28. The predicted molar refractivity (Wildman–Crippen MR) is 69.8 cm³/mol. The lowest BCUT2D eigenvalue weighted by Gasteiger charge is -2.08. The quantitative estimate of drug-likeness (QED) is 0.890. The molecule has 2 aromatic rings. The Labute approximate surface area is 106 Å². The fourth-order valence-corrected chi connectivity index (χ4v) is 1.90. The summed E-state index contributed by atoms with van der Waals surface area (Å²) in [6.45, 7) is 2.29. The molecular formula is C14H15N3O. The summed E-state index contributed by atoms with van der Waals surface area (Å²) in [6.07, 6.45) is 2.36. The van der Waals surface area contributed by atoms with Crippen LogP contribution in [0.15, 0.2) is 36.5 Å². The van der Waals surface area contributed by atoms with Crippen molar-refractivity contribution >= 4 is 16.8 Å². The van der Waals surface area contributed by atoms with E-state index in [0.29, 0.717) is 13.0 Å². The Balaban J connectivity index is 1.99. The lowest BCUT2D eigenvalue weighted by atomic mass is 10.2. The molecule has 0 aliphatic heterocycles. The van der Waals surface area contributed by atoms with E-state index in [2.05, 4.69) is 5.32 Å². The predicted octanol–water partition coefficient (Wildman–Crippen LogP) is 2.06. The number of benzene rings is 1. The first-order valence-corrected chi connectivity index (χ1v) is 5.93. The fraction of sp³-hybridized carbons (Fsp3) is 0.286. The molecule has 1 N–H and O–H groups in total. The Kier molecular flexibility index (Phi) is 3.63. The molecule has 0 saturated carbocycles. The van der Waals surface area contributed by atoms with Crippen molar-refractivity contribution in [3.8, 4) is 6.07 Å². The van der Waals surface area contributed by atoms with Gasteiger partial charge in [0.05, 0.1) is 6.07 Å². The zero-order valence-corrected chi connectivity index (χ0v) is 10.3. The van der Waals surface area contributed by atoms with E-state index in [9.17, 15) is 4.79 Å². The third-order valence-corrected chi connectivity index (χ3v) is 2.83. The van der Waals surface area contributed by atoms with Crippen molar-refractivity contribution < 1.29 is 4.79 Å². The van der Waals surface area contributed by atoms with Gasteiger partial charge in [-0.1, -0.05) is 18.2 Å². The largest absolute Gasteiger partial charge is 0.347 e. The van der Waals surface area contributed by atoms with Crippen molar-refractivity contribution in [3.05, 3.63) is 36.5 Å². The van der Waals surface area contributed by atoms with Crippen molar-refractivity contribution in [1.29, 1.82) is 5.26 Å². The molecule has 92 valence electrons. The molecular weight excluding hydrogens is 226 g/mol. The smallest absolute Gasteiger partial charge is 0.222 e. The zero-order valence-electron chi connectivity index (χ0n) is 10.3. The number of aryl methyl sites for hydroxylation is 1. The molecule has 4 nitrogen and oxygen atoms in total. The van der Waals surface area contributed by atoms with E-state index in [0.717, 1.165) is 5.52 Å². The van der Waals surface area contributed by atoms with Crippen molar-refractivity contribution in [2.75, 3.05) is 0 Å². The van der Waals surface area contributed by atoms with Gasteiger partial charge in [-0.25, -0.2) is 0 Å². The standard InChI is InChI=1S/C14H15N3O/c1-11(10-15)16-14(18)7-9-17-8-6-12-4-2-3-5-13(12)17/h2-6,8,11H,7,9H2,1H3,(H,16,18)/t11-/m1/s1. The molecule has 1 heterocycles. The topological polar surface area (TPSA) is 57.8 Å². The monoisotopic (exact) mass is 241 g/mol. The van der Waals surface area contributed by atoms with Crippen molar-refractivity contribution in [3.63, 3.8) is 0 Å². The van der Waals surface area contributed by atoms with Crippen LogP contribution in [0.1, 0.15) is 13.3 Å². The van der Waals surface area contributed by atoms with E-state index in [1.807, 2.05) is 47.2 Å². The molecule has 0 unspecified atom stereocenters. The number of nitrogens with zero attached hydrogens (tertiary/aromatic N) is 2. The van der Waals surface area contributed by atoms with Gasteiger partial charge in [0, 0.05) is 24.7 Å². The number of nitrogens with one attached hydrogen (secondary N) is 1. The van der Waals surface area contributed by atoms with Crippen LogP contribution in [0.25, 0.3) is 10.9 Å². The van der Waals surface area contributed by atoms with Gasteiger partial charge in [0.15, 0.2) is 0 Å². The molecule has 2 rings (SSSR count). The maximum Gasteiger partial charge on any atom is 0.222 e. The summed E-state index contributed by atoms with van der Waals surface area (Å²) in [5.41, 5.74) is 1.12. The normalized spacial score (nSPS) is 12.0. The number of amides is 1. The molecule has 1 amide bonds. The number of nitriles is 1. The fourth-order valence-electron chi connectivity index (χ4n) is 1.90. The van der Waals surface area contributed by atoms with E-state index in [4.69, 9.17) is 5.26 Å². The molecule has 0 fully saturated rings. The third-order valence-electron chi connectivity index (χ3n) is 2.83. The molecule has 18 heavy (non-hydrogen) atoms. The minimum atomic E-state index is -0.432. The lowest BCUT2D eigenvalue weighted by molar-refractivity contribution is -0.121. The van der Waals surface area contributed by atoms with Crippen LogP contribution in [0.3, 0.4) is 0 Å². The van der Waals surface area contributed by atoms with Crippen molar-refractivity contribution in [1.82, 2.24) is 9.88 Å². The first kappa shape index (κ1) is 12.2. The Morgan fingerprint density at radius 2 is 2.22 bits per heavy atom. The Bertz CT molecular complexity index is 594. The van der Waals surface area contributed by atoms with Crippen LogP contribution in [0, 0.1) is 11.3 Å². The van der Waals surface area contributed by atoms with Crippen molar-refractivity contribution in [2.45, 2.75) is 25.9 Å². The maximum atomic E-state index is 11.6. The highest BCUT2D eigenvalue weighted by atomic mass is 16.1. The van der Waals surface area contributed by atoms with Crippen LogP contribution in [-0.2, 0) is 11.3 Å². The summed E-state index contributed by atoms with van der Waals surface area (Å²) < 4.78 is 2.05. The van der Waals surface area contributed by atoms with Gasteiger partial charge in [-0.2, -0.15) is 5.26 Å². The summed E-state index contributed by atoms with van der Waals surface area (Å²) in [4.78, 5) is 11.6. The van der Waals surface area contributed by atoms with Gasteiger partial charge < -0.3 is 9.88 Å². The highest BCUT2D eigenvalue weighted by Crippen LogP contribution is 2.15. The van der Waals surface area contributed by atoms with Crippen LogP contribution in [0.4, 0.5) is 0 Å². The second-order valence-electron chi connectivity index (χ2n) is 4.24. The number of aromatic nitrogens is 1. The Morgan fingerprint density at radius 1 is 1.44 bits per heavy atom. The second-order valence-corrected chi connectivity index (χ2v) is 4.24. The number of carbonyl (C=O) groups is 1. The van der Waals surface area contributed by atoms with Gasteiger partial charge in [-0.15, -0.1) is 0 Å². The van der Waals surface area contributed by atoms with Gasteiger partial charge in [0.1, 0.15) is 6.04 Å². The number of fused-ring (bicyclic) bond motifs is 1. The van der Waals surface area contributed by atoms with E-state index in [1.54, 1.807) is 6.92 Å². The van der Waals surface area contributed by atoms with Crippen LogP contribution >= 0.6 is 0 Å². The highest BCUT2D eigenvalue weighted by Gasteiger charge is 2.07. The van der Waals surface area contributed by atoms with Crippen molar-refractivity contribution in [2.24, 2.45) is 0 Å². The number of para-hydroxylation sites is 1. The van der Waals surface area contributed by atoms with E-state index < -0.39 is 6.04 Å². The molecule has 0 saturated heterocycles. The summed E-state index contributed by atoms with van der Waals surface area (Å²) in [7, 11) is 0. The average Bonchev–Trinajstić information content (AvgIpc) is 2.79. The highest BCUT2D eigenvalue weighted by molar-refractivity contribution is 5.80. The maximum absolute atomic E-state index is 11.6. The molecule has 1 aromatic carbocycles. The average molecular weight is 241 g/mol. The third kappa shape index (κ3) is 2.69. The van der Waals surface area contributed by atoms with Crippen LogP contribution in [-0.4, -0.2) is 16.5 Å². The van der Waals surface area contributed by atoms with E-state index >= 15 is 0 Å². The van der Waals surface area contributed by atoms with Gasteiger partial charge >= 0.3 is 0 Å². The molecule has 0 bridgehead atoms. The zero-order chi connectivity index (χ0) is 13.0. The van der Waals surface area contributed by atoms with Crippen LogP contribution in [0.2, 0.25) is 0 Å². The second kappa shape index (κ2) is 5.37. The summed E-state index contributed by atoms with van der Waals surface area (Å²) in [5, 5.41) is 12.4. The van der Waals surface area contributed by atoms with E-state index in [-0.39, 0.29) is 5.91 Å². The van der Waals surface area contributed by atoms with Gasteiger partial charge in [-0.05, 0) is 24.4 Å². The van der Waals surface area contributed by atoms with E-state index in [1.165, 1.54) is 5.39 Å². The SMILES string of the molecule is C[C@H](C#N)NC(=O)CCn1ccc2ccccc21. The summed E-state index contributed by atoms with van der Waals surface area (Å²) in [5.74, 6) is -0.0955. The molecule has 0 aliphatic rings. The minimum absolute atomic E-state index is 0.0955. The molecule has 0 radical (unpaired) electrons. The first-order valence-electron chi connectivity index (χ1n) is 5.93. The van der Waals surface area contributed by atoms with Gasteiger partial charge in [0.25, 0.3) is 0 Å². The van der Waals surface area contributed by atoms with Crippen LogP contribution in [0.5, 0.6) is 0 Å². The number of hydrogen-bond acceptors (Lipinski definition) is 2. The molecule has 4 heteroatoms. The molecule has 0 spiro atoms. The van der Waals surface area contributed by atoms with Gasteiger partial charge in [0.2, 0.25) is 5.91 Å². The van der Waals surface area contributed by atoms with Gasteiger partial charge in [-0.3, -0.25) is 4.79 Å². The summed E-state index contributed by atoms with van der Waals surface area (Å²) in [6, 6.07) is 11.6. The summed E-state index contributed by atoms with van der Waals surface area (Å²) >= 11 is 0. The first-order chi connectivity index (χ1) is 8.70. The lowest BCUT2D eigenvalue weighted by Crippen LogP contribution is -2.31. The molecule has 0 aliphatic carbocycles. The van der Waals surface area contributed by atoms with Crippen LogP contribution < -0.4 is 5.32 Å². The number of rotatable bonds is 4. The Morgan fingerprint density at radius 3 is 3.00 bits per heavy atom. The molecule has 1 aromatic heterocycles. The number of hydrogen-bond donors (Lipinski definition) is 1. The minimum Gasteiger partial charge on any atom is -0.347 e. The number of carbonyl (C=O) groups excluding carboxylic acids is 1. The molecule has 1 atom stereocenters.